The predicted molar refractivity (Wildman–Crippen MR) is 102 cm³/mol. The minimum absolute atomic E-state index is 0.0289. The van der Waals surface area contributed by atoms with Gasteiger partial charge in [0.05, 0.1) is 13.7 Å². The zero-order valence-electron chi connectivity index (χ0n) is 16.2. The van der Waals surface area contributed by atoms with Crippen LogP contribution in [0.4, 0.5) is 0 Å². The number of para-hydroxylation sites is 1. The first-order chi connectivity index (χ1) is 12.5. The number of benzene rings is 1. The maximum absolute atomic E-state index is 12.0. The normalized spacial score (nSPS) is 15.5. The molecule has 1 aliphatic rings. The smallest absolute Gasteiger partial charge is 0.241 e. The van der Waals surface area contributed by atoms with E-state index >= 15 is 0 Å². The van der Waals surface area contributed by atoms with E-state index in [1.54, 1.807) is 12.0 Å². The summed E-state index contributed by atoms with van der Waals surface area (Å²) in [4.78, 5) is 27.1. The number of carbonyl (C=O) groups excluding carboxylic acids is 2. The first kappa shape index (κ1) is 20.2. The molecule has 1 aliphatic heterocycles. The van der Waals surface area contributed by atoms with Gasteiger partial charge in [-0.25, -0.2) is 0 Å². The molecule has 1 heterocycles. The number of likely N-dealkylation sites (tertiary alicyclic amines) is 1. The van der Waals surface area contributed by atoms with E-state index in [0.29, 0.717) is 5.92 Å². The Morgan fingerprint density at radius 2 is 1.96 bits per heavy atom. The van der Waals surface area contributed by atoms with Gasteiger partial charge in [-0.3, -0.25) is 9.59 Å². The monoisotopic (exact) mass is 361 g/mol. The third-order valence-corrected chi connectivity index (χ3v) is 5.04. The van der Waals surface area contributed by atoms with Gasteiger partial charge in [0.15, 0.2) is 0 Å². The van der Waals surface area contributed by atoms with Crippen LogP contribution in [-0.4, -0.2) is 68.5 Å². The first-order valence-electron chi connectivity index (χ1n) is 9.32. The van der Waals surface area contributed by atoms with E-state index in [0.717, 1.165) is 51.2 Å². The molecule has 0 radical (unpaired) electrons. The van der Waals surface area contributed by atoms with Gasteiger partial charge in [-0.05, 0) is 49.9 Å². The number of hydrogen-bond acceptors (Lipinski definition) is 4. The fourth-order valence-corrected chi connectivity index (χ4v) is 3.40. The van der Waals surface area contributed by atoms with Crippen LogP contribution in [0.5, 0.6) is 5.75 Å². The Hall–Kier alpha value is -2.08. The minimum atomic E-state index is -0.171. The van der Waals surface area contributed by atoms with Gasteiger partial charge in [-0.2, -0.15) is 0 Å². The Balaban J connectivity index is 1.70. The van der Waals surface area contributed by atoms with E-state index < -0.39 is 0 Å². The number of nitrogens with zero attached hydrogens (tertiary/aromatic N) is 2. The quantitative estimate of drug-likeness (QED) is 0.763. The molecule has 0 aromatic heterocycles. The molecular formula is C20H31N3O3. The lowest BCUT2D eigenvalue weighted by atomic mass is 9.96. The van der Waals surface area contributed by atoms with Crippen LogP contribution in [-0.2, 0) is 16.0 Å². The standard InChI is InChI=1S/C20H31N3O3/c1-16(24)21-14-20(25)22(2)15-17-8-11-23(12-9-17)13-10-18-6-4-5-7-19(18)26-3/h4-7,17H,8-15H2,1-3H3,(H,21,24). The van der Waals surface area contributed by atoms with Crippen molar-refractivity contribution in [3.05, 3.63) is 29.8 Å². The summed E-state index contributed by atoms with van der Waals surface area (Å²) >= 11 is 0. The molecule has 6 heteroatoms. The Morgan fingerprint density at radius 3 is 2.62 bits per heavy atom. The van der Waals surface area contributed by atoms with Gasteiger partial charge in [0.2, 0.25) is 11.8 Å². The van der Waals surface area contributed by atoms with Gasteiger partial charge in [0.25, 0.3) is 0 Å². The lowest BCUT2D eigenvalue weighted by Crippen LogP contribution is -2.42. The molecule has 1 N–H and O–H groups in total. The van der Waals surface area contributed by atoms with E-state index in [-0.39, 0.29) is 18.4 Å². The molecule has 0 saturated carbocycles. The fraction of sp³-hybridized carbons (Fsp3) is 0.600. The molecule has 26 heavy (non-hydrogen) atoms. The number of hydrogen-bond donors (Lipinski definition) is 1. The average Bonchev–Trinajstić information content (AvgIpc) is 2.65. The van der Waals surface area contributed by atoms with Crippen molar-refractivity contribution in [2.75, 3.05) is 46.9 Å². The zero-order chi connectivity index (χ0) is 18.9. The van der Waals surface area contributed by atoms with Gasteiger partial charge in [0.1, 0.15) is 5.75 Å². The van der Waals surface area contributed by atoms with Gasteiger partial charge in [-0.15, -0.1) is 0 Å². The van der Waals surface area contributed by atoms with Crippen molar-refractivity contribution in [1.82, 2.24) is 15.1 Å². The van der Waals surface area contributed by atoms with Crippen molar-refractivity contribution in [3.8, 4) is 5.75 Å². The topological polar surface area (TPSA) is 61.9 Å². The zero-order valence-corrected chi connectivity index (χ0v) is 16.2. The van der Waals surface area contributed by atoms with Crippen LogP contribution in [0.15, 0.2) is 24.3 Å². The van der Waals surface area contributed by atoms with Crippen LogP contribution in [0.2, 0.25) is 0 Å². The van der Waals surface area contributed by atoms with Crippen molar-refractivity contribution in [1.29, 1.82) is 0 Å². The second-order valence-electron chi connectivity index (χ2n) is 7.03. The van der Waals surface area contributed by atoms with E-state index in [1.807, 2.05) is 19.2 Å². The van der Waals surface area contributed by atoms with Crippen molar-refractivity contribution in [2.45, 2.75) is 26.2 Å². The maximum atomic E-state index is 12.0. The largest absolute Gasteiger partial charge is 0.496 e. The van der Waals surface area contributed by atoms with Gasteiger partial charge in [-0.1, -0.05) is 18.2 Å². The highest BCUT2D eigenvalue weighted by Gasteiger charge is 2.22. The summed E-state index contributed by atoms with van der Waals surface area (Å²) in [5, 5.41) is 2.56. The number of rotatable bonds is 8. The summed E-state index contributed by atoms with van der Waals surface area (Å²) in [5.41, 5.74) is 1.25. The Labute approximate surface area is 156 Å². The Kier molecular flexibility index (Phi) is 7.91. The Bertz CT molecular complexity index is 598. The van der Waals surface area contributed by atoms with Gasteiger partial charge < -0.3 is 19.9 Å². The number of amides is 2. The first-order valence-corrected chi connectivity index (χ1v) is 9.32. The molecule has 6 nitrogen and oxygen atoms in total. The van der Waals surface area contributed by atoms with Crippen LogP contribution in [0.1, 0.15) is 25.3 Å². The molecule has 1 saturated heterocycles. The van der Waals surface area contributed by atoms with Gasteiger partial charge >= 0.3 is 0 Å². The fourth-order valence-electron chi connectivity index (χ4n) is 3.40. The Morgan fingerprint density at radius 1 is 1.27 bits per heavy atom. The molecule has 1 aromatic carbocycles. The number of carbonyl (C=O) groups is 2. The summed E-state index contributed by atoms with van der Waals surface area (Å²) in [6.07, 6.45) is 3.19. The number of piperidine rings is 1. The summed E-state index contributed by atoms with van der Waals surface area (Å²) in [6.45, 7) is 5.43. The minimum Gasteiger partial charge on any atom is -0.496 e. The molecule has 0 aliphatic carbocycles. The number of nitrogens with one attached hydrogen (secondary N) is 1. The van der Waals surface area contributed by atoms with E-state index in [1.165, 1.54) is 12.5 Å². The van der Waals surface area contributed by atoms with E-state index in [4.69, 9.17) is 4.74 Å². The van der Waals surface area contributed by atoms with E-state index in [9.17, 15) is 9.59 Å². The van der Waals surface area contributed by atoms with Crippen molar-refractivity contribution < 1.29 is 14.3 Å². The molecule has 0 spiro atoms. The SMILES string of the molecule is COc1ccccc1CCN1CCC(CN(C)C(=O)CNC(C)=O)CC1. The van der Waals surface area contributed by atoms with Crippen LogP contribution in [0, 0.1) is 5.92 Å². The molecular weight excluding hydrogens is 330 g/mol. The molecule has 0 atom stereocenters. The second kappa shape index (κ2) is 10.2. The highest BCUT2D eigenvalue weighted by molar-refractivity contribution is 5.83. The van der Waals surface area contributed by atoms with Crippen molar-refractivity contribution in [2.24, 2.45) is 5.92 Å². The van der Waals surface area contributed by atoms with Crippen LogP contribution >= 0.6 is 0 Å². The highest BCUT2D eigenvalue weighted by Crippen LogP contribution is 2.21. The third-order valence-electron chi connectivity index (χ3n) is 5.04. The van der Waals surface area contributed by atoms with Crippen molar-refractivity contribution >= 4 is 11.8 Å². The number of methoxy groups -OCH3 is 1. The van der Waals surface area contributed by atoms with Crippen molar-refractivity contribution in [3.63, 3.8) is 0 Å². The molecule has 2 amide bonds. The third kappa shape index (κ3) is 6.33. The van der Waals surface area contributed by atoms with E-state index in [2.05, 4.69) is 22.3 Å². The molecule has 0 unspecified atom stereocenters. The highest BCUT2D eigenvalue weighted by atomic mass is 16.5. The summed E-state index contributed by atoms with van der Waals surface area (Å²) in [7, 11) is 3.53. The molecule has 0 bridgehead atoms. The van der Waals surface area contributed by atoms with Crippen LogP contribution in [0.25, 0.3) is 0 Å². The van der Waals surface area contributed by atoms with Crippen LogP contribution in [0.3, 0.4) is 0 Å². The summed E-state index contributed by atoms with van der Waals surface area (Å²) in [6, 6.07) is 8.19. The summed E-state index contributed by atoms with van der Waals surface area (Å²) in [5.74, 6) is 1.29. The molecule has 144 valence electrons. The maximum Gasteiger partial charge on any atom is 0.241 e. The van der Waals surface area contributed by atoms with Crippen LogP contribution < -0.4 is 10.1 Å². The number of ether oxygens (including phenoxy) is 1. The summed E-state index contributed by atoms with van der Waals surface area (Å²) < 4.78 is 5.42. The molecule has 1 aromatic rings. The molecule has 1 fully saturated rings. The van der Waals surface area contributed by atoms with Gasteiger partial charge in [0, 0.05) is 27.1 Å². The lowest BCUT2D eigenvalue weighted by molar-refractivity contribution is -0.132. The predicted octanol–water partition coefficient (Wildman–Crippen LogP) is 1.54. The second-order valence-corrected chi connectivity index (χ2v) is 7.03. The molecule has 2 rings (SSSR count). The lowest BCUT2D eigenvalue weighted by Gasteiger charge is -2.34. The average molecular weight is 361 g/mol. The number of likely N-dealkylation sites (N-methyl/N-ethyl adjacent to an activating group) is 1.